The maximum absolute atomic E-state index is 12.2. The molecule has 1 aromatic rings. The third kappa shape index (κ3) is 3.05. The molecule has 0 atom stereocenters. The monoisotopic (exact) mass is 304 g/mol. The number of nitrogens with zero attached hydrogens (tertiary/aromatic N) is 1. The zero-order valence-corrected chi connectivity index (χ0v) is 12.7. The second-order valence-corrected chi connectivity index (χ2v) is 4.69. The predicted molar refractivity (Wildman–Crippen MR) is 85.2 cm³/mol. The number of carbonyl (C=O) groups is 1. The fourth-order valence-corrected chi connectivity index (χ4v) is 2.24. The lowest BCUT2D eigenvalue weighted by molar-refractivity contribution is -0.122. The first-order valence-electron chi connectivity index (χ1n) is 6.28. The molecule has 1 aliphatic rings. The first kappa shape index (κ1) is 15.1. The summed E-state index contributed by atoms with van der Waals surface area (Å²) in [6.45, 7) is 4.00. The lowest BCUT2D eigenvalue weighted by Crippen LogP contribution is -2.30. The number of nitrogens with one attached hydrogen (secondary N) is 1. The zero-order valence-electron chi connectivity index (χ0n) is 11.9. The number of thiocarbonyl (C=S) groups is 1. The molecule has 0 aromatic heterocycles. The molecule has 1 aromatic carbocycles. The van der Waals surface area contributed by atoms with Gasteiger partial charge in [-0.1, -0.05) is 12.1 Å². The Labute approximate surface area is 128 Å². The average Bonchev–Trinajstić information content (AvgIpc) is 2.75. The van der Waals surface area contributed by atoms with Crippen LogP contribution in [0.15, 0.2) is 36.6 Å². The number of hydrogen-bond acceptors (Lipinski definition) is 4. The van der Waals surface area contributed by atoms with E-state index >= 15 is 0 Å². The third-order valence-electron chi connectivity index (χ3n) is 2.99. The van der Waals surface area contributed by atoms with E-state index < -0.39 is 0 Å². The first-order valence-corrected chi connectivity index (χ1v) is 6.69. The van der Waals surface area contributed by atoms with Crippen LogP contribution in [-0.4, -0.2) is 36.7 Å². The van der Waals surface area contributed by atoms with Crippen LogP contribution in [0.3, 0.4) is 0 Å². The quantitative estimate of drug-likeness (QED) is 0.512. The van der Waals surface area contributed by atoms with Gasteiger partial charge in [-0.25, -0.2) is 0 Å². The molecular weight excluding hydrogens is 288 g/mol. The van der Waals surface area contributed by atoms with Crippen molar-refractivity contribution in [3.8, 4) is 11.5 Å². The molecule has 21 heavy (non-hydrogen) atoms. The van der Waals surface area contributed by atoms with Gasteiger partial charge in [-0.2, -0.15) is 0 Å². The van der Waals surface area contributed by atoms with Crippen LogP contribution in [0.4, 0.5) is 0 Å². The summed E-state index contributed by atoms with van der Waals surface area (Å²) in [5.41, 5.74) is 1.24. The van der Waals surface area contributed by atoms with E-state index in [1.165, 1.54) is 4.90 Å². The van der Waals surface area contributed by atoms with E-state index in [9.17, 15) is 4.79 Å². The molecule has 1 amide bonds. The van der Waals surface area contributed by atoms with Crippen LogP contribution in [-0.2, 0) is 4.79 Å². The molecule has 0 radical (unpaired) electrons. The maximum Gasteiger partial charge on any atom is 0.276 e. The van der Waals surface area contributed by atoms with Gasteiger partial charge in [0.15, 0.2) is 16.6 Å². The molecule has 5 nitrogen and oxygen atoms in total. The number of hydrogen-bond donors (Lipinski definition) is 1. The van der Waals surface area contributed by atoms with Crippen molar-refractivity contribution in [2.24, 2.45) is 0 Å². The Morgan fingerprint density at radius 1 is 1.33 bits per heavy atom. The van der Waals surface area contributed by atoms with Crippen molar-refractivity contribution in [1.82, 2.24) is 10.2 Å². The normalized spacial score (nSPS) is 16.1. The van der Waals surface area contributed by atoms with Crippen LogP contribution in [0.25, 0.3) is 6.08 Å². The van der Waals surface area contributed by atoms with E-state index in [0.29, 0.717) is 28.9 Å². The van der Waals surface area contributed by atoms with Gasteiger partial charge in [0.05, 0.1) is 14.2 Å². The van der Waals surface area contributed by atoms with Crippen LogP contribution < -0.4 is 14.8 Å². The molecule has 110 valence electrons. The molecule has 0 spiro atoms. The Morgan fingerprint density at radius 2 is 2.05 bits per heavy atom. The SMILES string of the molecule is C=CCN1C(=O)/C(=C/c2ccc(OC)c(OC)c2)NC1=S. The highest BCUT2D eigenvalue weighted by Gasteiger charge is 2.29. The van der Waals surface area contributed by atoms with E-state index in [1.807, 2.05) is 6.07 Å². The second-order valence-electron chi connectivity index (χ2n) is 4.31. The summed E-state index contributed by atoms with van der Waals surface area (Å²) >= 11 is 5.13. The van der Waals surface area contributed by atoms with Gasteiger partial charge in [0.1, 0.15) is 5.70 Å². The summed E-state index contributed by atoms with van der Waals surface area (Å²) in [5, 5.41) is 3.28. The first-order chi connectivity index (χ1) is 10.1. The van der Waals surface area contributed by atoms with Gasteiger partial charge < -0.3 is 14.8 Å². The third-order valence-corrected chi connectivity index (χ3v) is 3.32. The summed E-state index contributed by atoms with van der Waals surface area (Å²) in [6.07, 6.45) is 3.35. The molecule has 0 unspecified atom stereocenters. The van der Waals surface area contributed by atoms with E-state index in [0.717, 1.165) is 5.56 Å². The van der Waals surface area contributed by atoms with Gasteiger partial charge >= 0.3 is 0 Å². The topological polar surface area (TPSA) is 50.8 Å². The number of rotatable bonds is 5. The van der Waals surface area contributed by atoms with Crippen molar-refractivity contribution in [3.63, 3.8) is 0 Å². The Morgan fingerprint density at radius 3 is 2.67 bits per heavy atom. The molecule has 0 aliphatic carbocycles. The van der Waals surface area contributed by atoms with E-state index in [4.69, 9.17) is 21.7 Å². The summed E-state index contributed by atoms with van der Waals surface area (Å²) in [5.74, 6) is 1.06. The summed E-state index contributed by atoms with van der Waals surface area (Å²) in [4.78, 5) is 13.6. The van der Waals surface area contributed by atoms with Gasteiger partial charge in [0, 0.05) is 6.54 Å². The zero-order chi connectivity index (χ0) is 15.4. The van der Waals surface area contributed by atoms with Crippen molar-refractivity contribution < 1.29 is 14.3 Å². The van der Waals surface area contributed by atoms with Gasteiger partial charge in [-0.15, -0.1) is 6.58 Å². The van der Waals surface area contributed by atoms with Gasteiger partial charge in [0.25, 0.3) is 5.91 Å². The summed E-state index contributed by atoms with van der Waals surface area (Å²) in [7, 11) is 3.14. The number of ether oxygens (including phenoxy) is 2. The predicted octanol–water partition coefficient (Wildman–Crippen LogP) is 1.95. The highest BCUT2D eigenvalue weighted by atomic mass is 32.1. The number of carbonyl (C=O) groups excluding carboxylic acids is 1. The van der Waals surface area contributed by atoms with Gasteiger partial charge in [0.2, 0.25) is 0 Å². The molecule has 1 heterocycles. The number of amides is 1. The van der Waals surface area contributed by atoms with Gasteiger partial charge in [-0.05, 0) is 36.0 Å². The van der Waals surface area contributed by atoms with Crippen molar-refractivity contribution >= 4 is 29.3 Å². The minimum absolute atomic E-state index is 0.172. The highest BCUT2D eigenvalue weighted by Crippen LogP contribution is 2.28. The minimum atomic E-state index is -0.172. The molecule has 1 fully saturated rings. The van der Waals surface area contributed by atoms with Crippen molar-refractivity contribution in [3.05, 3.63) is 42.1 Å². The van der Waals surface area contributed by atoms with Crippen LogP contribution in [0, 0.1) is 0 Å². The fraction of sp³-hybridized carbons (Fsp3) is 0.200. The lowest BCUT2D eigenvalue weighted by atomic mass is 10.1. The molecule has 2 rings (SSSR count). The summed E-state index contributed by atoms with van der Waals surface area (Å²) in [6, 6.07) is 5.41. The van der Waals surface area contributed by atoms with E-state index in [2.05, 4.69) is 11.9 Å². The van der Waals surface area contributed by atoms with E-state index in [1.54, 1.807) is 38.5 Å². The molecule has 6 heteroatoms. The van der Waals surface area contributed by atoms with Crippen molar-refractivity contribution in [1.29, 1.82) is 0 Å². The highest BCUT2D eigenvalue weighted by molar-refractivity contribution is 7.80. The van der Waals surface area contributed by atoms with Crippen LogP contribution in [0.2, 0.25) is 0 Å². The molecular formula is C15H16N2O3S. The lowest BCUT2D eigenvalue weighted by Gasteiger charge is -2.09. The molecule has 0 bridgehead atoms. The van der Waals surface area contributed by atoms with Gasteiger partial charge in [-0.3, -0.25) is 9.69 Å². The molecule has 1 N–H and O–H groups in total. The van der Waals surface area contributed by atoms with Crippen LogP contribution in [0.5, 0.6) is 11.5 Å². The Hall–Kier alpha value is -2.34. The van der Waals surface area contributed by atoms with Crippen LogP contribution in [0.1, 0.15) is 5.56 Å². The van der Waals surface area contributed by atoms with E-state index in [-0.39, 0.29) is 5.91 Å². The number of methoxy groups -OCH3 is 2. The van der Waals surface area contributed by atoms with Crippen LogP contribution >= 0.6 is 12.2 Å². The fourth-order valence-electron chi connectivity index (χ4n) is 1.98. The summed E-state index contributed by atoms with van der Waals surface area (Å²) < 4.78 is 10.4. The molecule has 1 aliphatic heterocycles. The second kappa shape index (κ2) is 6.41. The molecule has 1 saturated heterocycles. The largest absolute Gasteiger partial charge is 0.493 e. The molecule has 0 saturated carbocycles. The maximum atomic E-state index is 12.2. The average molecular weight is 304 g/mol. The Bertz CT molecular complexity index is 625. The van der Waals surface area contributed by atoms with Crippen molar-refractivity contribution in [2.45, 2.75) is 0 Å². The number of benzene rings is 1. The Kier molecular flexibility index (Phi) is 4.59. The minimum Gasteiger partial charge on any atom is -0.493 e. The smallest absolute Gasteiger partial charge is 0.276 e. The Balaban J connectivity index is 2.30. The van der Waals surface area contributed by atoms with Crippen molar-refractivity contribution in [2.75, 3.05) is 20.8 Å². The standard InChI is InChI=1S/C15H16N2O3S/c1-4-7-17-14(18)11(16-15(17)21)8-10-5-6-12(19-2)13(9-10)20-3/h4-6,8-9H,1,7H2,2-3H3,(H,16,21)/b11-8-.